The van der Waals surface area contributed by atoms with E-state index in [9.17, 15) is 9.59 Å². The van der Waals surface area contributed by atoms with Crippen molar-refractivity contribution in [2.24, 2.45) is 0 Å². The molecule has 0 aliphatic rings. The van der Waals surface area contributed by atoms with Crippen LogP contribution in [0.2, 0.25) is 0 Å². The number of pyridine rings is 1. The molecular weight excluding hydrogens is 340 g/mol. The minimum Gasteiger partial charge on any atom is -0.344 e. The molecule has 0 saturated heterocycles. The van der Waals surface area contributed by atoms with Gasteiger partial charge in [0.15, 0.2) is 5.69 Å². The Bertz CT molecular complexity index is 982. The average Bonchev–Trinajstić information content (AvgIpc) is 2.70. The van der Waals surface area contributed by atoms with Crippen molar-refractivity contribution in [3.05, 3.63) is 70.4 Å². The predicted molar refractivity (Wildman–Crippen MR) is 106 cm³/mol. The van der Waals surface area contributed by atoms with Crippen LogP contribution in [0.1, 0.15) is 55.2 Å². The summed E-state index contributed by atoms with van der Waals surface area (Å²) in [5.41, 5.74) is 1.09. The van der Waals surface area contributed by atoms with Crippen molar-refractivity contribution in [2.45, 2.75) is 45.7 Å². The maximum Gasteiger partial charge on any atom is 0.274 e. The van der Waals surface area contributed by atoms with E-state index in [1.54, 1.807) is 30.6 Å². The molecule has 0 saturated carbocycles. The van der Waals surface area contributed by atoms with Crippen LogP contribution in [0.5, 0.6) is 0 Å². The van der Waals surface area contributed by atoms with Gasteiger partial charge in [0.25, 0.3) is 11.5 Å². The fraction of sp³-hybridized carbons (Fsp3) is 0.333. The zero-order chi connectivity index (χ0) is 19.2. The van der Waals surface area contributed by atoms with Crippen molar-refractivity contribution in [3.63, 3.8) is 0 Å². The van der Waals surface area contributed by atoms with Crippen LogP contribution in [0.15, 0.2) is 53.6 Å². The third kappa shape index (κ3) is 4.22. The van der Waals surface area contributed by atoms with Crippen LogP contribution in [0, 0.1) is 0 Å². The first-order valence-corrected chi connectivity index (χ1v) is 9.32. The normalized spacial score (nSPS) is 12.1. The number of carbonyl (C=O) groups excluding carboxylic acids is 1. The van der Waals surface area contributed by atoms with Crippen molar-refractivity contribution >= 4 is 16.7 Å². The fourth-order valence-electron chi connectivity index (χ4n) is 3.07. The second kappa shape index (κ2) is 8.58. The van der Waals surface area contributed by atoms with E-state index in [-0.39, 0.29) is 23.2 Å². The lowest BCUT2D eigenvalue weighted by atomic mass is 10.1. The quantitative estimate of drug-likeness (QED) is 0.651. The zero-order valence-corrected chi connectivity index (χ0v) is 15.7. The number of rotatable bonds is 7. The van der Waals surface area contributed by atoms with Gasteiger partial charge in [-0.15, -0.1) is 0 Å². The van der Waals surface area contributed by atoms with E-state index in [1.165, 1.54) is 4.68 Å². The lowest BCUT2D eigenvalue weighted by molar-refractivity contribution is 0.0934. The van der Waals surface area contributed by atoms with E-state index in [2.05, 4.69) is 22.3 Å². The van der Waals surface area contributed by atoms with Gasteiger partial charge in [0.05, 0.1) is 11.4 Å². The van der Waals surface area contributed by atoms with E-state index in [1.807, 2.05) is 25.1 Å². The number of nitrogens with one attached hydrogen (secondary N) is 1. The van der Waals surface area contributed by atoms with E-state index >= 15 is 0 Å². The van der Waals surface area contributed by atoms with Gasteiger partial charge in [-0.05, 0) is 37.1 Å². The molecule has 2 aromatic heterocycles. The lowest BCUT2D eigenvalue weighted by Gasteiger charge is -2.15. The van der Waals surface area contributed by atoms with Crippen LogP contribution in [0.3, 0.4) is 0 Å². The highest BCUT2D eigenvalue weighted by atomic mass is 16.2. The van der Waals surface area contributed by atoms with Gasteiger partial charge < -0.3 is 5.32 Å². The third-order valence-corrected chi connectivity index (χ3v) is 4.61. The van der Waals surface area contributed by atoms with Crippen molar-refractivity contribution in [1.29, 1.82) is 0 Å². The minimum atomic E-state index is -0.292. The number of hydrogen-bond acceptors (Lipinski definition) is 4. The minimum absolute atomic E-state index is 0.152. The third-order valence-electron chi connectivity index (χ3n) is 4.61. The van der Waals surface area contributed by atoms with Crippen molar-refractivity contribution in [2.75, 3.05) is 0 Å². The first kappa shape index (κ1) is 18.8. The van der Waals surface area contributed by atoms with E-state index in [4.69, 9.17) is 0 Å². The Balaban J connectivity index is 1.95. The van der Waals surface area contributed by atoms with Crippen LogP contribution in [0.4, 0.5) is 0 Å². The number of aryl methyl sites for hydroxylation is 1. The van der Waals surface area contributed by atoms with Crippen LogP contribution in [-0.2, 0) is 6.54 Å². The molecule has 0 aliphatic carbocycles. The van der Waals surface area contributed by atoms with Gasteiger partial charge in [0, 0.05) is 24.3 Å². The molecule has 6 nitrogen and oxygen atoms in total. The van der Waals surface area contributed by atoms with E-state index in [0.717, 1.165) is 24.8 Å². The molecule has 2 heterocycles. The summed E-state index contributed by atoms with van der Waals surface area (Å²) in [5, 5.41) is 8.47. The predicted octanol–water partition coefficient (Wildman–Crippen LogP) is 3.47. The second-order valence-electron chi connectivity index (χ2n) is 6.61. The number of carbonyl (C=O) groups is 1. The summed E-state index contributed by atoms with van der Waals surface area (Å²) in [6.45, 7) is 4.53. The molecular formula is C21H24N4O2. The number of unbranched alkanes of at least 4 members (excludes halogenated alkanes) is 2. The topological polar surface area (TPSA) is 76.9 Å². The molecule has 1 amide bonds. The molecule has 1 N–H and O–H groups in total. The summed E-state index contributed by atoms with van der Waals surface area (Å²) in [6, 6.07) is 10.7. The molecule has 0 bridgehead atoms. The molecule has 6 heteroatoms. The van der Waals surface area contributed by atoms with E-state index < -0.39 is 0 Å². The molecule has 0 spiro atoms. The Hall–Kier alpha value is -3.02. The van der Waals surface area contributed by atoms with Crippen molar-refractivity contribution in [1.82, 2.24) is 20.1 Å². The summed E-state index contributed by atoms with van der Waals surface area (Å²) >= 11 is 0. The zero-order valence-electron chi connectivity index (χ0n) is 15.7. The van der Waals surface area contributed by atoms with Crippen molar-refractivity contribution in [3.8, 4) is 0 Å². The molecule has 3 rings (SSSR count). The summed E-state index contributed by atoms with van der Waals surface area (Å²) in [7, 11) is 0. The molecule has 0 radical (unpaired) electrons. The van der Waals surface area contributed by atoms with Gasteiger partial charge in [0.1, 0.15) is 0 Å². The molecule has 1 unspecified atom stereocenters. The second-order valence-corrected chi connectivity index (χ2v) is 6.61. The van der Waals surface area contributed by atoms with Gasteiger partial charge in [0.2, 0.25) is 0 Å². The average molecular weight is 364 g/mol. The standard InChI is InChI=1S/C21H24N4O2/c1-3-4-7-14-25-21(27)18-9-6-5-8-17(18)19(24-25)20(26)23-15(2)16-10-12-22-13-11-16/h5-6,8-13,15H,3-4,7,14H2,1-2H3,(H,23,26). The molecule has 1 aromatic carbocycles. The number of hydrogen-bond donors (Lipinski definition) is 1. The van der Waals surface area contributed by atoms with E-state index in [0.29, 0.717) is 17.3 Å². The van der Waals surface area contributed by atoms with Crippen LogP contribution in [-0.4, -0.2) is 20.7 Å². The number of amides is 1. The summed E-state index contributed by atoms with van der Waals surface area (Å²) in [5.74, 6) is -0.292. The highest BCUT2D eigenvalue weighted by Gasteiger charge is 2.18. The first-order chi connectivity index (χ1) is 13.1. The van der Waals surface area contributed by atoms with Gasteiger partial charge in [-0.25, -0.2) is 4.68 Å². The van der Waals surface area contributed by atoms with Gasteiger partial charge in [-0.2, -0.15) is 5.10 Å². The Labute approximate surface area is 158 Å². The number of aromatic nitrogens is 3. The Morgan fingerprint density at radius 3 is 2.52 bits per heavy atom. The Morgan fingerprint density at radius 1 is 1.11 bits per heavy atom. The highest BCUT2D eigenvalue weighted by molar-refractivity contribution is 6.04. The molecule has 3 aromatic rings. The smallest absolute Gasteiger partial charge is 0.274 e. The molecule has 27 heavy (non-hydrogen) atoms. The largest absolute Gasteiger partial charge is 0.344 e. The number of nitrogens with zero attached hydrogens (tertiary/aromatic N) is 3. The highest BCUT2D eigenvalue weighted by Crippen LogP contribution is 2.16. The van der Waals surface area contributed by atoms with Gasteiger partial charge in [-0.3, -0.25) is 14.6 Å². The van der Waals surface area contributed by atoms with Crippen LogP contribution >= 0.6 is 0 Å². The SMILES string of the molecule is CCCCCn1nc(C(=O)NC(C)c2ccncc2)c2ccccc2c1=O. The maximum atomic E-state index is 12.9. The molecule has 140 valence electrons. The fourth-order valence-corrected chi connectivity index (χ4v) is 3.07. The van der Waals surface area contributed by atoms with Gasteiger partial charge in [-0.1, -0.05) is 38.0 Å². The summed E-state index contributed by atoms with van der Waals surface area (Å²) in [4.78, 5) is 29.6. The van der Waals surface area contributed by atoms with Crippen LogP contribution < -0.4 is 10.9 Å². The Kier molecular flexibility index (Phi) is 5.96. The van der Waals surface area contributed by atoms with Crippen LogP contribution in [0.25, 0.3) is 10.8 Å². The Morgan fingerprint density at radius 2 is 1.81 bits per heavy atom. The van der Waals surface area contributed by atoms with Gasteiger partial charge >= 0.3 is 0 Å². The molecule has 0 fully saturated rings. The summed E-state index contributed by atoms with van der Waals surface area (Å²) < 4.78 is 1.42. The van der Waals surface area contributed by atoms with Crippen molar-refractivity contribution < 1.29 is 4.79 Å². The molecule has 1 atom stereocenters. The monoisotopic (exact) mass is 364 g/mol. The lowest BCUT2D eigenvalue weighted by Crippen LogP contribution is -2.32. The molecule has 0 aliphatic heterocycles. The number of fused-ring (bicyclic) bond motifs is 1. The number of benzene rings is 1. The first-order valence-electron chi connectivity index (χ1n) is 9.32. The summed E-state index contributed by atoms with van der Waals surface area (Å²) in [6.07, 6.45) is 6.32. The maximum absolute atomic E-state index is 12.9.